The lowest BCUT2D eigenvalue weighted by molar-refractivity contribution is -0.120. The predicted octanol–water partition coefficient (Wildman–Crippen LogP) is 0.868. The summed E-state index contributed by atoms with van der Waals surface area (Å²) in [6.07, 6.45) is 3.50. The molecule has 0 aliphatic heterocycles. The van der Waals surface area contributed by atoms with Crippen LogP contribution in [0.25, 0.3) is 0 Å². The van der Waals surface area contributed by atoms with E-state index in [1.807, 2.05) is 26.0 Å². The van der Waals surface area contributed by atoms with Crippen molar-refractivity contribution in [3.05, 3.63) is 30.1 Å². The van der Waals surface area contributed by atoms with Crippen molar-refractivity contribution in [1.29, 1.82) is 0 Å². The van der Waals surface area contributed by atoms with E-state index >= 15 is 0 Å². The van der Waals surface area contributed by atoms with Crippen molar-refractivity contribution in [2.24, 2.45) is 0 Å². The van der Waals surface area contributed by atoms with E-state index in [0.29, 0.717) is 13.1 Å². The molecule has 4 heteroatoms. The Balaban J connectivity index is 2.37. The fourth-order valence-corrected chi connectivity index (χ4v) is 1.28. The number of pyridine rings is 1. The summed E-state index contributed by atoms with van der Waals surface area (Å²) in [5.41, 5.74) is 1.13. The van der Waals surface area contributed by atoms with Gasteiger partial charge in [0.2, 0.25) is 5.91 Å². The number of likely N-dealkylation sites (N-methyl/N-ethyl adjacent to an activating group) is 1. The Morgan fingerprint density at radius 3 is 2.73 bits per heavy atom. The van der Waals surface area contributed by atoms with Crippen LogP contribution in [0.3, 0.4) is 0 Å². The first kappa shape index (κ1) is 11.7. The minimum Gasteiger partial charge on any atom is -0.355 e. The van der Waals surface area contributed by atoms with E-state index in [0.717, 1.165) is 5.56 Å². The van der Waals surface area contributed by atoms with Crippen molar-refractivity contribution in [2.75, 3.05) is 13.1 Å². The largest absolute Gasteiger partial charge is 0.355 e. The Morgan fingerprint density at radius 1 is 1.47 bits per heavy atom. The molecule has 0 aliphatic carbocycles. The number of aromatic nitrogens is 1. The lowest BCUT2D eigenvalue weighted by Crippen LogP contribution is -2.34. The highest BCUT2D eigenvalue weighted by Crippen LogP contribution is 2.08. The van der Waals surface area contributed by atoms with Gasteiger partial charge in [0.1, 0.15) is 0 Å². The molecule has 1 rings (SSSR count). The van der Waals surface area contributed by atoms with Crippen LogP contribution in [0.4, 0.5) is 0 Å². The van der Waals surface area contributed by atoms with Gasteiger partial charge in [0.05, 0.1) is 6.54 Å². The van der Waals surface area contributed by atoms with Gasteiger partial charge < -0.3 is 10.6 Å². The standard InChI is InChI=1S/C11H17N3O/c1-3-13-11(15)8-14-9(2)10-4-6-12-7-5-10/h4-7,9,14H,3,8H2,1-2H3,(H,13,15). The van der Waals surface area contributed by atoms with E-state index in [4.69, 9.17) is 0 Å². The Kier molecular flexibility index (Phi) is 4.77. The molecule has 82 valence electrons. The molecule has 0 aromatic carbocycles. The molecular weight excluding hydrogens is 190 g/mol. The van der Waals surface area contributed by atoms with E-state index in [-0.39, 0.29) is 11.9 Å². The van der Waals surface area contributed by atoms with Crippen molar-refractivity contribution >= 4 is 5.91 Å². The molecule has 0 saturated carbocycles. The average molecular weight is 207 g/mol. The minimum absolute atomic E-state index is 0.0263. The van der Waals surface area contributed by atoms with E-state index in [9.17, 15) is 4.79 Å². The maximum absolute atomic E-state index is 11.2. The third-order valence-corrected chi connectivity index (χ3v) is 2.15. The van der Waals surface area contributed by atoms with Crippen LogP contribution in [-0.4, -0.2) is 24.0 Å². The van der Waals surface area contributed by atoms with Gasteiger partial charge in [-0.1, -0.05) is 0 Å². The number of amides is 1. The molecule has 0 fully saturated rings. The van der Waals surface area contributed by atoms with Crippen molar-refractivity contribution in [1.82, 2.24) is 15.6 Å². The third-order valence-electron chi connectivity index (χ3n) is 2.15. The monoisotopic (exact) mass is 207 g/mol. The van der Waals surface area contributed by atoms with Gasteiger partial charge in [-0.2, -0.15) is 0 Å². The highest BCUT2D eigenvalue weighted by atomic mass is 16.1. The first-order valence-electron chi connectivity index (χ1n) is 5.14. The summed E-state index contributed by atoms with van der Waals surface area (Å²) in [5, 5.41) is 5.88. The minimum atomic E-state index is 0.0263. The second-order valence-corrected chi connectivity index (χ2v) is 3.34. The second kappa shape index (κ2) is 6.14. The molecule has 1 unspecified atom stereocenters. The first-order chi connectivity index (χ1) is 7.24. The lowest BCUT2D eigenvalue weighted by atomic mass is 10.1. The molecule has 1 heterocycles. The molecule has 15 heavy (non-hydrogen) atoms. The van der Waals surface area contributed by atoms with E-state index in [1.165, 1.54) is 0 Å². The molecule has 1 amide bonds. The zero-order valence-corrected chi connectivity index (χ0v) is 9.16. The number of nitrogens with one attached hydrogen (secondary N) is 2. The smallest absolute Gasteiger partial charge is 0.233 e. The van der Waals surface area contributed by atoms with E-state index in [2.05, 4.69) is 15.6 Å². The van der Waals surface area contributed by atoms with Gasteiger partial charge in [-0.25, -0.2) is 0 Å². The van der Waals surface area contributed by atoms with Gasteiger partial charge in [-0.3, -0.25) is 9.78 Å². The Labute approximate surface area is 90.1 Å². The summed E-state index contributed by atoms with van der Waals surface area (Å²) in [6, 6.07) is 4.04. The van der Waals surface area contributed by atoms with Gasteiger partial charge in [0.15, 0.2) is 0 Å². The second-order valence-electron chi connectivity index (χ2n) is 3.34. The van der Waals surface area contributed by atoms with Gasteiger partial charge in [0, 0.05) is 25.0 Å². The van der Waals surface area contributed by atoms with Crippen LogP contribution >= 0.6 is 0 Å². The number of carbonyl (C=O) groups excluding carboxylic acids is 1. The SMILES string of the molecule is CCNC(=O)CNC(C)c1ccncc1. The van der Waals surface area contributed by atoms with Crippen molar-refractivity contribution < 1.29 is 4.79 Å². The molecule has 0 bridgehead atoms. The topological polar surface area (TPSA) is 54.0 Å². The normalized spacial score (nSPS) is 12.1. The van der Waals surface area contributed by atoms with Gasteiger partial charge >= 0.3 is 0 Å². The zero-order chi connectivity index (χ0) is 11.1. The highest BCUT2D eigenvalue weighted by molar-refractivity contribution is 5.77. The van der Waals surface area contributed by atoms with Crippen LogP contribution in [0, 0.1) is 0 Å². The molecule has 0 spiro atoms. The van der Waals surface area contributed by atoms with Crippen LogP contribution in [0.15, 0.2) is 24.5 Å². The molecular formula is C11H17N3O. The molecule has 0 radical (unpaired) electrons. The van der Waals surface area contributed by atoms with Crippen molar-refractivity contribution in [2.45, 2.75) is 19.9 Å². The van der Waals surface area contributed by atoms with Crippen LogP contribution in [0.2, 0.25) is 0 Å². The summed E-state index contributed by atoms with van der Waals surface area (Å²) in [5.74, 6) is 0.0263. The quantitative estimate of drug-likeness (QED) is 0.753. The summed E-state index contributed by atoms with van der Waals surface area (Å²) >= 11 is 0. The highest BCUT2D eigenvalue weighted by Gasteiger charge is 2.05. The zero-order valence-electron chi connectivity index (χ0n) is 9.16. The van der Waals surface area contributed by atoms with Crippen molar-refractivity contribution in [3.63, 3.8) is 0 Å². The summed E-state index contributed by atoms with van der Waals surface area (Å²) in [4.78, 5) is 15.1. The average Bonchev–Trinajstić information content (AvgIpc) is 2.27. The summed E-state index contributed by atoms with van der Waals surface area (Å²) < 4.78 is 0. The molecule has 1 aromatic heterocycles. The Hall–Kier alpha value is -1.42. The number of hydrogen-bond donors (Lipinski definition) is 2. The summed E-state index contributed by atoms with van der Waals surface area (Å²) in [6.45, 7) is 4.94. The maximum atomic E-state index is 11.2. The van der Waals surface area contributed by atoms with Crippen molar-refractivity contribution in [3.8, 4) is 0 Å². The first-order valence-corrected chi connectivity index (χ1v) is 5.14. The number of carbonyl (C=O) groups is 1. The summed E-state index contributed by atoms with van der Waals surface area (Å²) in [7, 11) is 0. The van der Waals surface area contributed by atoms with Crippen LogP contribution in [-0.2, 0) is 4.79 Å². The molecule has 2 N–H and O–H groups in total. The van der Waals surface area contributed by atoms with Crippen LogP contribution in [0.1, 0.15) is 25.5 Å². The van der Waals surface area contributed by atoms with Gasteiger partial charge in [0.25, 0.3) is 0 Å². The molecule has 1 atom stereocenters. The number of nitrogens with zero attached hydrogens (tertiary/aromatic N) is 1. The number of rotatable bonds is 5. The fourth-order valence-electron chi connectivity index (χ4n) is 1.28. The molecule has 1 aromatic rings. The Bertz CT molecular complexity index is 300. The van der Waals surface area contributed by atoms with E-state index < -0.39 is 0 Å². The molecule has 0 aliphatic rings. The van der Waals surface area contributed by atoms with E-state index in [1.54, 1.807) is 12.4 Å². The Morgan fingerprint density at radius 2 is 2.13 bits per heavy atom. The third kappa shape index (κ3) is 4.08. The number of hydrogen-bond acceptors (Lipinski definition) is 3. The van der Waals surface area contributed by atoms with Crippen LogP contribution in [0.5, 0.6) is 0 Å². The molecule has 0 saturated heterocycles. The lowest BCUT2D eigenvalue weighted by Gasteiger charge is -2.13. The molecule has 4 nitrogen and oxygen atoms in total. The van der Waals surface area contributed by atoms with Gasteiger partial charge in [-0.15, -0.1) is 0 Å². The van der Waals surface area contributed by atoms with Gasteiger partial charge in [-0.05, 0) is 31.5 Å². The predicted molar refractivity (Wildman–Crippen MR) is 59.3 cm³/mol. The van der Waals surface area contributed by atoms with Crippen LogP contribution < -0.4 is 10.6 Å². The maximum Gasteiger partial charge on any atom is 0.233 e. The fraction of sp³-hybridized carbons (Fsp3) is 0.455.